The van der Waals surface area contributed by atoms with Crippen LogP contribution in [0.2, 0.25) is 0 Å². The Bertz CT molecular complexity index is 1050. The second kappa shape index (κ2) is 6.04. The van der Waals surface area contributed by atoms with Crippen molar-refractivity contribution in [3.63, 3.8) is 0 Å². The van der Waals surface area contributed by atoms with Crippen LogP contribution < -0.4 is 14.3 Å². The molecule has 1 atom stereocenters. The summed E-state index contributed by atoms with van der Waals surface area (Å²) in [6.45, 7) is 4.34. The van der Waals surface area contributed by atoms with Crippen LogP contribution in [-0.2, 0) is 11.8 Å². The van der Waals surface area contributed by atoms with Crippen molar-refractivity contribution in [2.45, 2.75) is 20.0 Å². The van der Waals surface area contributed by atoms with Gasteiger partial charge in [0.15, 0.2) is 16.3 Å². The van der Waals surface area contributed by atoms with Gasteiger partial charge in [-0.15, -0.1) is 0 Å². The number of aromatic nitrogens is 1. The lowest BCUT2D eigenvalue weighted by Gasteiger charge is -2.23. The van der Waals surface area contributed by atoms with E-state index in [1.165, 1.54) is 22.5 Å². The number of para-hydroxylation sites is 2. The molecule has 5 nitrogen and oxygen atoms in total. The Morgan fingerprint density at radius 2 is 1.92 bits per heavy atom. The molecule has 1 amide bonds. The van der Waals surface area contributed by atoms with Gasteiger partial charge in [0.1, 0.15) is 6.61 Å². The zero-order valence-electron chi connectivity index (χ0n) is 14.3. The molecule has 0 N–H and O–H groups in total. The molecule has 0 saturated carbocycles. The van der Waals surface area contributed by atoms with Crippen molar-refractivity contribution in [3.05, 3.63) is 52.3 Å². The number of aryl methyl sites for hydroxylation is 3. The smallest absolute Gasteiger partial charge is 0.292 e. The molecule has 2 heterocycles. The van der Waals surface area contributed by atoms with Crippen molar-refractivity contribution in [1.29, 1.82) is 0 Å². The molecule has 1 aliphatic rings. The lowest BCUT2D eigenvalue weighted by Crippen LogP contribution is -2.36. The van der Waals surface area contributed by atoms with E-state index in [0.29, 0.717) is 16.3 Å². The van der Waals surface area contributed by atoms with E-state index < -0.39 is 6.10 Å². The standard InChI is InChI=1S/C19H18N2O3S/c1-11-8-13-17(9-12(11)2)25-19(21(13)3)20-18(22)16-10-23-14-6-4-5-7-15(14)24-16/h4-9,16H,10H2,1-3H3. The first-order chi connectivity index (χ1) is 12.0. The van der Waals surface area contributed by atoms with Gasteiger partial charge in [0.05, 0.1) is 10.2 Å². The Kier molecular flexibility index (Phi) is 3.84. The maximum atomic E-state index is 12.6. The molecule has 1 aromatic heterocycles. The van der Waals surface area contributed by atoms with Crippen molar-refractivity contribution in [2.75, 3.05) is 6.61 Å². The Hall–Kier alpha value is -2.60. The summed E-state index contributed by atoms with van der Waals surface area (Å²) in [7, 11) is 1.92. The minimum atomic E-state index is -0.719. The minimum Gasteiger partial charge on any atom is -0.485 e. The molecular weight excluding hydrogens is 336 g/mol. The molecule has 2 aromatic carbocycles. The molecule has 0 fully saturated rings. The molecule has 25 heavy (non-hydrogen) atoms. The summed E-state index contributed by atoms with van der Waals surface area (Å²) in [6.07, 6.45) is -0.719. The van der Waals surface area contributed by atoms with Gasteiger partial charge in [0, 0.05) is 7.05 Å². The molecule has 1 aliphatic heterocycles. The van der Waals surface area contributed by atoms with Gasteiger partial charge in [-0.25, -0.2) is 0 Å². The van der Waals surface area contributed by atoms with Crippen LogP contribution in [-0.4, -0.2) is 23.2 Å². The van der Waals surface area contributed by atoms with Crippen molar-refractivity contribution >= 4 is 27.5 Å². The van der Waals surface area contributed by atoms with Gasteiger partial charge in [-0.2, -0.15) is 4.99 Å². The van der Waals surface area contributed by atoms with Gasteiger partial charge in [0.2, 0.25) is 6.10 Å². The fourth-order valence-electron chi connectivity index (χ4n) is 2.79. The van der Waals surface area contributed by atoms with Crippen LogP contribution in [0.3, 0.4) is 0 Å². The number of rotatable bonds is 1. The van der Waals surface area contributed by atoms with Gasteiger partial charge < -0.3 is 14.0 Å². The van der Waals surface area contributed by atoms with E-state index in [2.05, 4.69) is 31.0 Å². The zero-order chi connectivity index (χ0) is 17.6. The first-order valence-corrected chi connectivity index (χ1v) is 8.88. The van der Waals surface area contributed by atoms with Crippen molar-refractivity contribution in [2.24, 2.45) is 12.0 Å². The number of ether oxygens (including phenoxy) is 2. The highest BCUT2D eigenvalue weighted by atomic mass is 32.1. The van der Waals surface area contributed by atoms with E-state index in [1.807, 2.05) is 29.8 Å². The summed E-state index contributed by atoms with van der Waals surface area (Å²) >= 11 is 1.50. The highest BCUT2D eigenvalue weighted by Gasteiger charge is 2.27. The summed E-state index contributed by atoms with van der Waals surface area (Å²) in [5, 5.41) is 0. The first kappa shape index (κ1) is 15.9. The minimum absolute atomic E-state index is 0.173. The lowest BCUT2D eigenvalue weighted by molar-refractivity contribution is -0.127. The van der Waals surface area contributed by atoms with Crippen molar-refractivity contribution in [1.82, 2.24) is 4.57 Å². The van der Waals surface area contributed by atoms with Crippen molar-refractivity contribution in [3.8, 4) is 11.5 Å². The average Bonchev–Trinajstić information content (AvgIpc) is 2.90. The molecule has 128 valence electrons. The summed E-state index contributed by atoms with van der Waals surface area (Å²) < 4.78 is 14.4. The number of benzene rings is 2. The molecule has 0 radical (unpaired) electrons. The maximum absolute atomic E-state index is 12.6. The van der Waals surface area contributed by atoms with Crippen LogP contribution in [0.5, 0.6) is 11.5 Å². The SMILES string of the molecule is Cc1cc2sc(=NC(=O)C3COc4ccccc4O3)n(C)c2cc1C. The lowest BCUT2D eigenvalue weighted by atomic mass is 10.1. The predicted octanol–water partition coefficient (Wildman–Crippen LogP) is 3.12. The van der Waals surface area contributed by atoms with E-state index in [0.717, 1.165) is 10.2 Å². The molecule has 0 spiro atoms. The zero-order valence-corrected chi connectivity index (χ0v) is 15.1. The molecule has 0 aliphatic carbocycles. The highest BCUT2D eigenvalue weighted by Crippen LogP contribution is 2.31. The number of carbonyl (C=O) groups is 1. The molecule has 1 unspecified atom stereocenters. The van der Waals surface area contributed by atoms with Gasteiger partial charge in [-0.1, -0.05) is 23.5 Å². The van der Waals surface area contributed by atoms with E-state index in [4.69, 9.17) is 9.47 Å². The van der Waals surface area contributed by atoms with Crippen molar-refractivity contribution < 1.29 is 14.3 Å². The number of nitrogens with zero attached hydrogens (tertiary/aromatic N) is 2. The van der Waals surface area contributed by atoms with Crippen LogP contribution in [0.1, 0.15) is 11.1 Å². The molecular formula is C19H18N2O3S. The maximum Gasteiger partial charge on any atom is 0.292 e. The number of carbonyl (C=O) groups excluding carboxylic acids is 1. The number of amides is 1. The van der Waals surface area contributed by atoms with E-state index in [1.54, 1.807) is 6.07 Å². The quantitative estimate of drug-likeness (QED) is 0.675. The third-order valence-electron chi connectivity index (χ3n) is 4.41. The number of hydrogen-bond acceptors (Lipinski definition) is 4. The number of thiazole rings is 1. The molecule has 0 bridgehead atoms. The topological polar surface area (TPSA) is 52.8 Å². The average molecular weight is 354 g/mol. The van der Waals surface area contributed by atoms with Crippen LogP contribution in [0.4, 0.5) is 0 Å². The Balaban J connectivity index is 1.68. The highest BCUT2D eigenvalue weighted by molar-refractivity contribution is 7.16. The van der Waals surface area contributed by atoms with E-state index in [-0.39, 0.29) is 12.5 Å². The van der Waals surface area contributed by atoms with Gasteiger partial charge in [0.25, 0.3) is 5.91 Å². The third-order valence-corrected chi connectivity index (χ3v) is 5.51. The molecule has 0 saturated heterocycles. The molecule has 4 rings (SSSR count). The number of fused-ring (bicyclic) bond motifs is 2. The fourth-order valence-corrected chi connectivity index (χ4v) is 3.90. The van der Waals surface area contributed by atoms with Crippen LogP contribution in [0, 0.1) is 13.8 Å². The summed E-state index contributed by atoms with van der Waals surface area (Å²) in [4.78, 5) is 17.5. The van der Waals surface area contributed by atoms with Crippen LogP contribution in [0.15, 0.2) is 41.4 Å². The molecule has 6 heteroatoms. The summed E-state index contributed by atoms with van der Waals surface area (Å²) in [5.41, 5.74) is 3.53. The molecule has 3 aromatic rings. The monoisotopic (exact) mass is 354 g/mol. The summed E-state index contributed by atoms with van der Waals surface area (Å²) in [5.74, 6) is 0.907. The third kappa shape index (κ3) is 2.82. The van der Waals surface area contributed by atoms with E-state index in [9.17, 15) is 4.79 Å². The number of hydrogen-bond donors (Lipinski definition) is 0. The Morgan fingerprint density at radius 3 is 2.72 bits per heavy atom. The first-order valence-electron chi connectivity index (χ1n) is 8.07. The van der Waals surface area contributed by atoms with Gasteiger partial charge in [-0.3, -0.25) is 4.79 Å². The van der Waals surface area contributed by atoms with Crippen LogP contribution in [0.25, 0.3) is 10.2 Å². The van der Waals surface area contributed by atoms with Crippen LogP contribution >= 0.6 is 11.3 Å². The predicted molar refractivity (Wildman–Crippen MR) is 97.2 cm³/mol. The fraction of sp³-hybridized carbons (Fsp3) is 0.263. The largest absolute Gasteiger partial charge is 0.485 e. The van der Waals surface area contributed by atoms with E-state index >= 15 is 0 Å². The second-order valence-electron chi connectivity index (χ2n) is 6.16. The van der Waals surface area contributed by atoms with Gasteiger partial charge >= 0.3 is 0 Å². The normalized spacial score (nSPS) is 17.1. The van der Waals surface area contributed by atoms with Gasteiger partial charge in [-0.05, 0) is 49.2 Å². The summed E-state index contributed by atoms with van der Waals surface area (Å²) in [6, 6.07) is 11.6. The Labute approximate surface area is 149 Å². The Morgan fingerprint density at radius 1 is 1.20 bits per heavy atom. The second-order valence-corrected chi connectivity index (χ2v) is 7.17.